The maximum atomic E-state index is 5.43. The molecule has 0 bridgehead atoms. The molecule has 1 saturated heterocycles. The Balaban J connectivity index is 2.26. The molecule has 12 heavy (non-hydrogen) atoms. The first kappa shape index (κ1) is 9.96. The molecule has 72 valence electrons. The number of nitrogens with one attached hydrogen (secondary N) is 1. The molecular weight excluding hydrogens is 152 g/mol. The largest absolute Gasteiger partial charge is 0.378 e. The molecule has 0 aliphatic carbocycles. The zero-order valence-electron chi connectivity index (χ0n) is 8.18. The molecule has 3 nitrogen and oxygen atoms in total. The average molecular weight is 172 g/mol. The van der Waals surface area contributed by atoms with Crippen LogP contribution in [0, 0.1) is 0 Å². The summed E-state index contributed by atoms with van der Waals surface area (Å²) in [6.07, 6.45) is 0. The molecule has 0 saturated carbocycles. The third-order valence-corrected chi connectivity index (χ3v) is 2.39. The van der Waals surface area contributed by atoms with Crippen molar-refractivity contribution >= 4 is 0 Å². The SMILES string of the molecule is CCNC[C@H]1COCCN1CC. The van der Waals surface area contributed by atoms with Crippen LogP contribution in [0.25, 0.3) is 0 Å². The van der Waals surface area contributed by atoms with Crippen molar-refractivity contribution in [1.29, 1.82) is 0 Å². The fourth-order valence-corrected chi connectivity index (χ4v) is 1.60. The second-order valence-electron chi connectivity index (χ2n) is 3.17. The Hall–Kier alpha value is -0.120. The minimum Gasteiger partial charge on any atom is -0.378 e. The molecule has 0 aromatic heterocycles. The fourth-order valence-electron chi connectivity index (χ4n) is 1.60. The van der Waals surface area contributed by atoms with E-state index >= 15 is 0 Å². The third-order valence-electron chi connectivity index (χ3n) is 2.39. The molecule has 1 atom stereocenters. The number of hydrogen-bond donors (Lipinski definition) is 1. The van der Waals surface area contributed by atoms with E-state index in [1.165, 1.54) is 0 Å². The Kier molecular flexibility index (Phi) is 4.58. The zero-order valence-corrected chi connectivity index (χ0v) is 8.18. The topological polar surface area (TPSA) is 24.5 Å². The lowest BCUT2D eigenvalue weighted by atomic mass is 10.2. The van der Waals surface area contributed by atoms with Crippen LogP contribution in [-0.2, 0) is 4.74 Å². The Bertz CT molecular complexity index is 119. The van der Waals surface area contributed by atoms with Crippen LogP contribution in [0.3, 0.4) is 0 Å². The minimum atomic E-state index is 0.587. The summed E-state index contributed by atoms with van der Waals surface area (Å²) in [4.78, 5) is 2.48. The number of ether oxygens (including phenoxy) is 1. The molecule has 1 aliphatic rings. The first-order valence-corrected chi connectivity index (χ1v) is 4.91. The first-order valence-electron chi connectivity index (χ1n) is 4.91. The van der Waals surface area contributed by atoms with Crippen LogP contribution >= 0.6 is 0 Å². The smallest absolute Gasteiger partial charge is 0.0634 e. The molecule has 1 heterocycles. The molecule has 0 aromatic rings. The standard InChI is InChI=1S/C9H20N2O/c1-3-10-7-9-8-12-6-5-11(9)4-2/h9-10H,3-8H2,1-2H3/t9-/m0/s1. The molecule has 0 unspecified atom stereocenters. The summed E-state index contributed by atoms with van der Waals surface area (Å²) >= 11 is 0. The molecule has 0 amide bonds. The van der Waals surface area contributed by atoms with E-state index < -0.39 is 0 Å². The van der Waals surface area contributed by atoms with Crippen molar-refractivity contribution in [2.75, 3.05) is 39.4 Å². The van der Waals surface area contributed by atoms with Crippen molar-refractivity contribution in [3.63, 3.8) is 0 Å². The van der Waals surface area contributed by atoms with E-state index in [4.69, 9.17) is 4.74 Å². The highest BCUT2D eigenvalue weighted by molar-refractivity contribution is 4.75. The van der Waals surface area contributed by atoms with E-state index in [9.17, 15) is 0 Å². The van der Waals surface area contributed by atoms with Gasteiger partial charge in [0.2, 0.25) is 0 Å². The Morgan fingerprint density at radius 3 is 3.00 bits per heavy atom. The highest BCUT2D eigenvalue weighted by Gasteiger charge is 2.20. The quantitative estimate of drug-likeness (QED) is 0.661. The predicted molar refractivity (Wildman–Crippen MR) is 50.4 cm³/mol. The van der Waals surface area contributed by atoms with Crippen LogP contribution < -0.4 is 5.32 Å². The second-order valence-corrected chi connectivity index (χ2v) is 3.17. The van der Waals surface area contributed by atoms with Crippen LogP contribution in [0.1, 0.15) is 13.8 Å². The van der Waals surface area contributed by atoms with Crippen LogP contribution in [0.2, 0.25) is 0 Å². The second kappa shape index (κ2) is 5.51. The predicted octanol–water partition coefficient (Wildman–Crippen LogP) is 0.317. The molecule has 0 aromatic carbocycles. The lowest BCUT2D eigenvalue weighted by Crippen LogP contribution is -2.50. The molecule has 1 fully saturated rings. The summed E-state index contributed by atoms with van der Waals surface area (Å²) in [6.45, 7) is 10.5. The van der Waals surface area contributed by atoms with Crippen LogP contribution in [0.15, 0.2) is 0 Å². The third kappa shape index (κ3) is 2.73. The maximum Gasteiger partial charge on any atom is 0.0634 e. The summed E-state index contributed by atoms with van der Waals surface area (Å²) in [6, 6.07) is 0.587. The lowest BCUT2D eigenvalue weighted by Gasteiger charge is -2.34. The van der Waals surface area contributed by atoms with Gasteiger partial charge < -0.3 is 10.1 Å². The summed E-state index contributed by atoms with van der Waals surface area (Å²) in [5.41, 5.74) is 0. The van der Waals surface area contributed by atoms with E-state index in [0.29, 0.717) is 6.04 Å². The summed E-state index contributed by atoms with van der Waals surface area (Å²) in [5.74, 6) is 0. The minimum absolute atomic E-state index is 0.587. The van der Waals surface area contributed by atoms with Crippen molar-refractivity contribution in [3.8, 4) is 0 Å². The van der Waals surface area contributed by atoms with E-state index in [1.807, 2.05) is 0 Å². The molecule has 1 rings (SSSR count). The van der Waals surface area contributed by atoms with E-state index in [1.54, 1.807) is 0 Å². The Morgan fingerprint density at radius 1 is 1.50 bits per heavy atom. The van der Waals surface area contributed by atoms with Crippen LogP contribution in [-0.4, -0.2) is 50.3 Å². The highest BCUT2D eigenvalue weighted by atomic mass is 16.5. The van der Waals surface area contributed by atoms with Crippen LogP contribution in [0.4, 0.5) is 0 Å². The maximum absolute atomic E-state index is 5.43. The van der Waals surface area contributed by atoms with Crippen molar-refractivity contribution in [3.05, 3.63) is 0 Å². The van der Waals surface area contributed by atoms with Gasteiger partial charge in [0, 0.05) is 19.1 Å². The number of nitrogens with zero attached hydrogens (tertiary/aromatic N) is 1. The molecule has 0 spiro atoms. The van der Waals surface area contributed by atoms with Gasteiger partial charge in [-0.1, -0.05) is 13.8 Å². The van der Waals surface area contributed by atoms with E-state index in [-0.39, 0.29) is 0 Å². The lowest BCUT2D eigenvalue weighted by molar-refractivity contribution is -0.00394. The highest BCUT2D eigenvalue weighted by Crippen LogP contribution is 2.04. The van der Waals surface area contributed by atoms with Gasteiger partial charge in [-0.25, -0.2) is 0 Å². The van der Waals surface area contributed by atoms with Crippen molar-refractivity contribution < 1.29 is 4.74 Å². The van der Waals surface area contributed by atoms with Gasteiger partial charge in [-0.05, 0) is 13.1 Å². The van der Waals surface area contributed by atoms with Crippen molar-refractivity contribution in [2.45, 2.75) is 19.9 Å². The van der Waals surface area contributed by atoms with Gasteiger partial charge in [0.25, 0.3) is 0 Å². The summed E-state index contributed by atoms with van der Waals surface area (Å²) in [7, 11) is 0. The molecule has 1 N–H and O–H groups in total. The molecule has 3 heteroatoms. The molecule has 0 radical (unpaired) electrons. The van der Waals surface area contributed by atoms with Gasteiger partial charge in [0.05, 0.1) is 13.2 Å². The number of morpholine rings is 1. The first-order chi connectivity index (χ1) is 5.88. The average Bonchev–Trinajstić information content (AvgIpc) is 2.15. The van der Waals surface area contributed by atoms with Crippen molar-refractivity contribution in [1.82, 2.24) is 10.2 Å². The fraction of sp³-hybridized carbons (Fsp3) is 1.00. The van der Waals surface area contributed by atoms with Gasteiger partial charge in [-0.15, -0.1) is 0 Å². The Morgan fingerprint density at radius 2 is 2.33 bits per heavy atom. The normalized spacial score (nSPS) is 26.0. The van der Waals surface area contributed by atoms with Gasteiger partial charge in [-0.3, -0.25) is 4.90 Å². The molecular formula is C9H20N2O. The van der Waals surface area contributed by atoms with Gasteiger partial charge in [-0.2, -0.15) is 0 Å². The van der Waals surface area contributed by atoms with Gasteiger partial charge in [0.1, 0.15) is 0 Å². The summed E-state index contributed by atoms with van der Waals surface area (Å²) < 4.78 is 5.43. The van der Waals surface area contributed by atoms with E-state index in [2.05, 4.69) is 24.1 Å². The van der Waals surface area contributed by atoms with Gasteiger partial charge in [0.15, 0.2) is 0 Å². The number of hydrogen-bond acceptors (Lipinski definition) is 3. The molecule has 1 aliphatic heterocycles. The Labute approximate surface area is 75.1 Å². The zero-order chi connectivity index (χ0) is 8.81. The van der Waals surface area contributed by atoms with Gasteiger partial charge >= 0.3 is 0 Å². The van der Waals surface area contributed by atoms with E-state index in [0.717, 1.165) is 39.4 Å². The van der Waals surface area contributed by atoms with Crippen LogP contribution in [0.5, 0.6) is 0 Å². The van der Waals surface area contributed by atoms with Crippen molar-refractivity contribution in [2.24, 2.45) is 0 Å². The number of rotatable bonds is 4. The monoisotopic (exact) mass is 172 g/mol. The number of likely N-dealkylation sites (N-methyl/N-ethyl adjacent to an activating group) is 2. The summed E-state index contributed by atoms with van der Waals surface area (Å²) in [5, 5.41) is 3.36.